The second-order valence-electron chi connectivity index (χ2n) is 6.68. The van der Waals surface area contributed by atoms with Gasteiger partial charge in [0.1, 0.15) is 0 Å². The van der Waals surface area contributed by atoms with Crippen molar-refractivity contribution in [2.75, 3.05) is 23.3 Å². The van der Waals surface area contributed by atoms with E-state index in [0.29, 0.717) is 6.42 Å². The third-order valence-corrected chi connectivity index (χ3v) is 4.90. The predicted molar refractivity (Wildman–Crippen MR) is 102 cm³/mol. The quantitative estimate of drug-likeness (QED) is 0.899. The Morgan fingerprint density at radius 2 is 1.72 bits per heavy atom. The molecule has 0 spiro atoms. The van der Waals surface area contributed by atoms with Crippen molar-refractivity contribution in [1.29, 1.82) is 0 Å². The summed E-state index contributed by atoms with van der Waals surface area (Å²) >= 11 is 0. The molecule has 1 saturated heterocycles. The molecule has 0 aliphatic carbocycles. The third kappa shape index (κ3) is 3.53. The van der Waals surface area contributed by atoms with Crippen LogP contribution in [0.1, 0.15) is 30.4 Å². The zero-order valence-electron chi connectivity index (χ0n) is 14.3. The van der Waals surface area contributed by atoms with Crippen LogP contribution in [0.5, 0.6) is 0 Å². The fraction of sp³-hybridized carbons (Fsp3) is 0.286. The van der Waals surface area contributed by atoms with Gasteiger partial charge < -0.3 is 15.5 Å². The minimum atomic E-state index is 0.0344. The van der Waals surface area contributed by atoms with Gasteiger partial charge in [0.05, 0.1) is 12.1 Å². The first-order valence-corrected chi connectivity index (χ1v) is 8.99. The van der Waals surface area contributed by atoms with E-state index < -0.39 is 0 Å². The molecule has 2 aliphatic heterocycles. The Labute approximate surface area is 148 Å². The summed E-state index contributed by atoms with van der Waals surface area (Å²) in [6.45, 7) is 2.30. The largest absolute Gasteiger partial charge is 0.372 e. The molecule has 25 heavy (non-hydrogen) atoms. The summed E-state index contributed by atoms with van der Waals surface area (Å²) in [6, 6.07) is 16.5. The number of piperidine rings is 1. The molecule has 0 bridgehead atoms. The van der Waals surface area contributed by atoms with Crippen molar-refractivity contribution in [3.8, 4) is 0 Å². The number of hydrogen-bond donors (Lipinski definition) is 2. The highest BCUT2D eigenvalue weighted by Crippen LogP contribution is 2.24. The van der Waals surface area contributed by atoms with Crippen LogP contribution in [0.4, 0.5) is 11.4 Å². The first-order valence-electron chi connectivity index (χ1n) is 8.99. The molecule has 4 rings (SSSR count). The summed E-state index contributed by atoms with van der Waals surface area (Å²) in [5, 5.41) is 6.27. The van der Waals surface area contributed by atoms with E-state index in [9.17, 15) is 4.79 Å². The van der Waals surface area contributed by atoms with E-state index in [0.717, 1.165) is 35.6 Å². The fourth-order valence-corrected chi connectivity index (χ4v) is 3.56. The lowest BCUT2D eigenvalue weighted by atomic mass is 9.98. The normalized spacial score (nSPS) is 18.6. The second-order valence-corrected chi connectivity index (χ2v) is 6.68. The minimum Gasteiger partial charge on any atom is -0.372 e. The molecule has 1 fully saturated rings. The molecule has 128 valence electrons. The van der Waals surface area contributed by atoms with Crippen LogP contribution in [0.3, 0.4) is 0 Å². The lowest BCUT2D eigenvalue weighted by molar-refractivity contribution is -0.119. The van der Waals surface area contributed by atoms with Gasteiger partial charge in [0.2, 0.25) is 5.91 Å². The highest BCUT2D eigenvalue weighted by atomic mass is 16.1. The first-order chi connectivity index (χ1) is 12.3. The molecule has 0 radical (unpaired) electrons. The van der Waals surface area contributed by atoms with Crippen molar-refractivity contribution in [2.45, 2.75) is 25.7 Å². The third-order valence-electron chi connectivity index (χ3n) is 4.90. The van der Waals surface area contributed by atoms with Gasteiger partial charge in [0, 0.05) is 36.2 Å². The smallest absolute Gasteiger partial charge is 0.228 e. The molecule has 2 N–H and O–H groups in total. The van der Waals surface area contributed by atoms with Crippen LogP contribution >= 0.6 is 0 Å². The standard InChI is InChI=1S/C21H23N3O/c25-21-14-16-6-2-3-7-19(16)20(23-21)15-22-17-8-10-18(11-9-17)24-12-4-1-5-13-24/h2-3,6-11,15,22H,1,4-5,12-14H2,(H,23,25)/b20-15-. The first kappa shape index (κ1) is 15.8. The number of rotatable bonds is 3. The van der Waals surface area contributed by atoms with Crippen LogP contribution < -0.4 is 15.5 Å². The Bertz CT molecular complexity index is 789. The Morgan fingerprint density at radius 1 is 0.960 bits per heavy atom. The molecule has 2 aliphatic rings. The Hall–Kier alpha value is -2.75. The van der Waals surface area contributed by atoms with E-state index in [1.54, 1.807) is 0 Å². The van der Waals surface area contributed by atoms with Gasteiger partial charge >= 0.3 is 0 Å². The van der Waals surface area contributed by atoms with Gasteiger partial charge in [-0.3, -0.25) is 4.79 Å². The molecule has 4 heteroatoms. The van der Waals surface area contributed by atoms with Crippen LogP contribution in [0.2, 0.25) is 0 Å². The molecular formula is C21H23N3O. The second kappa shape index (κ2) is 7.01. The number of carbonyl (C=O) groups excluding carboxylic acids is 1. The molecule has 0 atom stereocenters. The van der Waals surface area contributed by atoms with E-state index >= 15 is 0 Å². The number of nitrogens with one attached hydrogen (secondary N) is 2. The van der Waals surface area contributed by atoms with Gasteiger partial charge in [-0.2, -0.15) is 0 Å². The summed E-state index contributed by atoms with van der Waals surface area (Å²) in [7, 11) is 0. The average Bonchev–Trinajstić information content (AvgIpc) is 2.67. The van der Waals surface area contributed by atoms with Gasteiger partial charge in [-0.15, -0.1) is 0 Å². The van der Waals surface area contributed by atoms with E-state index in [-0.39, 0.29) is 5.91 Å². The number of benzene rings is 2. The van der Waals surface area contributed by atoms with Crippen LogP contribution in [-0.2, 0) is 11.2 Å². The number of nitrogens with zero attached hydrogens (tertiary/aromatic N) is 1. The predicted octanol–water partition coefficient (Wildman–Crippen LogP) is 3.76. The monoisotopic (exact) mass is 333 g/mol. The van der Waals surface area contributed by atoms with Crippen LogP contribution in [0.25, 0.3) is 5.70 Å². The SMILES string of the molecule is O=C1Cc2ccccc2/C(=C/Nc2ccc(N3CCCCC3)cc2)N1. The maximum atomic E-state index is 11.9. The minimum absolute atomic E-state index is 0.0344. The summed E-state index contributed by atoms with van der Waals surface area (Å²) in [5.41, 5.74) is 5.28. The Kier molecular flexibility index (Phi) is 4.42. The summed E-state index contributed by atoms with van der Waals surface area (Å²) in [6.07, 6.45) is 6.23. The molecule has 0 saturated carbocycles. The molecule has 4 nitrogen and oxygen atoms in total. The number of hydrogen-bond acceptors (Lipinski definition) is 3. The van der Waals surface area contributed by atoms with Crippen LogP contribution in [0.15, 0.2) is 54.7 Å². The molecule has 2 heterocycles. The zero-order chi connectivity index (χ0) is 17.1. The topological polar surface area (TPSA) is 44.4 Å². The van der Waals surface area contributed by atoms with Crippen LogP contribution in [-0.4, -0.2) is 19.0 Å². The maximum absolute atomic E-state index is 11.9. The highest BCUT2D eigenvalue weighted by Gasteiger charge is 2.18. The molecule has 2 aromatic rings. The van der Waals surface area contributed by atoms with Gasteiger partial charge in [-0.05, 0) is 49.1 Å². The van der Waals surface area contributed by atoms with Crippen molar-refractivity contribution < 1.29 is 4.79 Å². The number of amides is 1. The van der Waals surface area contributed by atoms with Crippen LogP contribution in [0, 0.1) is 0 Å². The van der Waals surface area contributed by atoms with Gasteiger partial charge in [0.15, 0.2) is 0 Å². The fourth-order valence-electron chi connectivity index (χ4n) is 3.56. The average molecular weight is 333 g/mol. The van der Waals surface area contributed by atoms with Crippen molar-refractivity contribution in [3.05, 3.63) is 65.9 Å². The van der Waals surface area contributed by atoms with Gasteiger partial charge in [-0.25, -0.2) is 0 Å². The van der Waals surface area contributed by atoms with Gasteiger partial charge in [0.25, 0.3) is 0 Å². The Balaban J connectivity index is 1.49. The van der Waals surface area contributed by atoms with Crippen molar-refractivity contribution in [3.63, 3.8) is 0 Å². The number of anilines is 2. The molecule has 0 aromatic heterocycles. The van der Waals surface area contributed by atoms with E-state index in [4.69, 9.17) is 0 Å². The molecule has 1 amide bonds. The van der Waals surface area contributed by atoms with E-state index in [2.05, 4.69) is 39.8 Å². The summed E-state index contributed by atoms with van der Waals surface area (Å²) in [5.74, 6) is 0.0344. The number of carbonyl (C=O) groups is 1. The van der Waals surface area contributed by atoms with Crippen molar-refractivity contribution in [1.82, 2.24) is 5.32 Å². The molecular weight excluding hydrogens is 310 g/mol. The molecule has 0 unspecified atom stereocenters. The van der Waals surface area contributed by atoms with Crippen molar-refractivity contribution >= 4 is 23.0 Å². The Morgan fingerprint density at radius 3 is 2.52 bits per heavy atom. The summed E-state index contributed by atoms with van der Waals surface area (Å²) < 4.78 is 0. The lowest BCUT2D eigenvalue weighted by Gasteiger charge is -2.28. The molecule has 2 aromatic carbocycles. The maximum Gasteiger partial charge on any atom is 0.228 e. The zero-order valence-corrected chi connectivity index (χ0v) is 14.3. The van der Waals surface area contributed by atoms with Gasteiger partial charge in [-0.1, -0.05) is 24.3 Å². The van der Waals surface area contributed by atoms with E-state index in [1.807, 2.05) is 30.5 Å². The number of fused-ring (bicyclic) bond motifs is 1. The lowest BCUT2D eigenvalue weighted by Crippen LogP contribution is -2.29. The summed E-state index contributed by atoms with van der Waals surface area (Å²) in [4.78, 5) is 14.3. The highest BCUT2D eigenvalue weighted by molar-refractivity contribution is 5.93. The van der Waals surface area contributed by atoms with Crippen molar-refractivity contribution in [2.24, 2.45) is 0 Å². The van der Waals surface area contributed by atoms with E-state index in [1.165, 1.54) is 24.9 Å².